The van der Waals surface area contributed by atoms with Gasteiger partial charge in [0.1, 0.15) is 0 Å². The number of rotatable bonds is 3. The number of ketones is 1. The first-order valence-electron chi connectivity index (χ1n) is 8.37. The van der Waals surface area contributed by atoms with Crippen molar-refractivity contribution in [1.82, 2.24) is 4.98 Å². The molecule has 1 aromatic carbocycles. The molecule has 1 aromatic heterocycles. The lowest BCUT2D eigenvalue weighted by atomic mass is 9.95. The summed E-state index contributed by atoms with van der Waals surface area (Å²) in [5, 5.41) is 12.5. The molecule has 4 rings (SSSR count). The minimum atomic E-state index is 0.109. The Morgan fingerprint density at radius 1 is 1.12 bits per heavy atom. The number of pyridine rings is 1. The highest BCUT2D eigenvalue weighted by Gasteiger charge is 2.23. The van der Waals surface area contributed by atoms with E-state index >= 15 is 0 Å². The van der Waals surface area contributed by atoms with Crippen molar-refractivity contribution in [3.63, 3.8) is 0 Å². The summed E-state index contributed by atoms with van der Waals surface area (Å²) in [6.07, 6.45) is 7.85. The number of Topliss-reactive ketones (excluding diaryl/α,β-unsaturated/α-hetero) is 1. The predicted molar refractivity (Wildman–Crippen MR) is 97.5 cm³/mol. The van der Waals surface area contributed by atoms with Gasteiger partial charge in [-0.1, -0.05) is 23.4 Å². The summed E-state index contributed by atoms with van der Waals surface area (Å²) in [5.41, 5.74) is 8.23. The van der Waals surface area contributed by atoms with E-state index in [9.17, 15) is 4.79 Å². The summed E-state index contributed by atoms with van der Waals surface area (Å²) in [4.78, 5) is 16.0. The van der Waals surface area contributed by atoms with Crippen LogP contribution in [0.2, 0.25) is 0 Å². The van der Waals surface area contributed by atoms with Gasteiger partial charge in [-0.25, -0.2) is 0 Å². The third kappa shape index (κ3) is 2.70. The van der Waals surface area contributed by atoms with Crippen LogP contribution >= 0.6 is 0 Å². The molecule has 2 aliphatic rings. The number of benzene rings is 1. The quantitative estimate of drug-likeness (QED) is 0.682. The number of allylic oxidation sites excluding steroid dienone is 4. The van der Waals surface area contributed by atoms with Crippen molar-refractivity contribution in [2.75, 3.05) is 0 Å². The van der Waals surface area contributed by atoms with Crippen molar-refractivity contribution >= 4 is 22.6 Å². The molecule has 0 aliphatic heterocycles. The molecule has 0 atom stereocenters. The van der Waals surface area contributed by atoms with Gasteiger partial charge in [-0.2, -0.15) is 0 Å². The molecule has 1 heterocycles. The lowest BCUT2D eigenvalue weighted by Crippen LogP contribution is -1.95. The lowest BCUT2D eigenvalue weighted by molar-refractivity contribution is -0.113. The van der Waals surface area contributed by atoms with Crippen LogP contribution in [-0.2, 0) is 11.2 Å². The van der Waals surface area contributed by atoms with Gasteiger partial charge < -0.3 is 5.21 Å². The van der Waals surface area contributed by atoms with Gasteiger partial charge in [0.25, 0.3) is 0 Å². The Kier molecular flexibility index (Phi) is 3.80. The Labute approximate surface area is 146 Å². The molecule has 4 nitrogen and oxygen atoms in total. The highest BCUT2D eigenvalue weighted by atomic mass is 16.4. The van der Waals surface area contributed by atoms with Crippen LogP contribution in [0.1, 0.15) is 42.0 Å². The Morgan fingerprint density at radius 2 is 1.92 bits per heavy atom. The van der Waals surface area contributed by atoms with E-state index in [0.29, 0.717) is 6.42 Å². The standard InChI is InChI=1S/C21H18N2O2/c1-13(24)17-11-19(14-6-8-22-9-7-14)20(12-17)16-2-4-18-15(10-16)3-5-21(18)23-25/h2,4,6-10,12,25H,3,5,11H2,1H3/b23-21-. The number of hydrogen-bond donors (Lipinski definition) is 1. The maximum absolute atomic E-state index is 11.9. The van der Waals surface area contributed by atoms with Gasteiger partial charge in [0, 0.05) is 24.4 Å². The molecular weight excluding hydrogens is 312 g/mol. The normalized spacial score (nSPS) is 17.8. The number of fused-ring (bicyclic) bond motifs is 1. The lowest BCUT2D eigenvalue weighted by Gasteiger charge is -2.10. The van der Waals surface area contributed by atoms with Gasteiger partial charge in [-0.05, 0) is 71.4 Å². The summed E-state index contributed by atoms with van der Waals surface area (Å²) in [6, 6.07) is 10.2. The van der Waals surface area contributed by atoms with Crippen LogP contribution in [0, 0.1) is 0 Å². The van der Waals surface area contributed by atoms with Crippen molar-refractivity contribution < 1.29 is 10.0 Å². The van der Waals surface area contributed by atoms with E-state index in [1.165, 1.54) is 5.56 Å². The number of oxime groups is 1. The van der Waals surface area contributed by atoms with Crippen LogP contribution in [-0.4, -0.2) is 21.7 Å². The first kappa shape index (κ1) is 15.5. The predicted octanol–water partition coefficient (Wildman–Crippen LogP) is 4.04. The molecular formula is C21H18N2O2. The maximum atomic E-state index is 11.9. The number of aryl methyl sites for hydroxylation is 1. The molecule has 0 saturated heterocycles. The van der Waals surface area contributed by atoms with E-state index < -0.39 is 0 Å². The van der Waals surface area contributed by atoms with E-state index in [-0.39, 0.29) is 5.78 Å². The van der Waals surface area contributed by atoms with Crippen molar-refractivity contribution in [2.24, 2.45) is 5.16 Å². The summed E-state index contributed by atoms with van der Waals surface area (Å²) in [5.74, 6) is 0.109. The molecule has 124 valence electrons. The monoisotopic (exact) mass is 330 g/mol. The number of aromatic nitrogens is 1. The van der Waals surface area contributed by atoms with E-state index in [2.05, 4.69) is 16.2 Å². The summed E-state index contributed by atoms with van der Waals surface area (Å²) in [6.45, 7) is 1.62. The molecule has 0 unspecified atom stereocenters. The maximum Gasteiger partial charge on any atom is 0.156 e. The van der Waals surface area contributed by atoms with Crippen molar-refractivity contribution in [1.29, 1.82) is 0 Å². The first-order chi connectivity index (χ1) is 12.2. The fourth-order valence-corrected chi connectivity index (χ4v) is 3.63. The van der Waals surface area contributed by atoms with E-state index in [0.717, 1.165) is 52.0 Å². The van der Waals surface area contributed by atoms with Crippen LogP contribution in [0.5, 0.6) is 0 Å². The zero-order valence-electron chi connectivity index (χ0n) is 14.0. The second kappa shape index (κ2) is 6.13. The summed E-state index contributed by atoms with van der Waals surface area (Å²) < 4.78 is 0. The molecule has 25 heavy (non-hydrogen) atoms. The Morgan fingerprint density at radius 3 is 2.64 bits per heavy atom. The molecule has 0 radical (unpaired) electrons. The van der Waals surface area contributed by atoms with Crippen LogP contribution in [0.4, 0.5) is 0 Å². The van der Waals surface area contributed by atoms with E-state index in [1.807, 2.05) is 30.3 Å². The molecule has 2 aliphatic carbocycles. The highest BCUT2D eigenvalue weighted by molar-refractivity contribution is 6.09. The molecule has 0 saturated carbocycles. The number of hydrogen-bond acceptors (Lipinski definition) is 4. The Bertz CT molecular complexity index is 953. The third-order valence-electron chi connectivity index (χ3n) is 4.97. The largest absolute Gasteiger partial charge is 0.411 e. The van der Waals surface area contributed by atoms with Gasteiger partial charge in [0.15, 0.2) is 5.78 Å². The topological polar surface area (TPSA) is 62.5 Å². The number of carbonyl (C=O) groups excluding carboxylic acids is 1. The van der Waals surface area contributed by atoms with Crippen LogP contribution < -0.4 is 0 Å². The second-order valence-corrected chi connectivity index (χ2v) is 6.45. The van der Waals surface area contributed by atoms with Gasteiger partial charge in [-0.3, -0.25) is 9.78 Å². The molecule has 0 bridgehead atoms. The SMILES string of the molecule is CC(=O)C1=CC(c2ccc3c(c2)CC/C3=N/O)=C(c2ccncc2)C1. The average Bonchev–Trinajstić information content (AvgIpc) is 3.26. The minimum absolute atomic E-state index is 0.109. The van der Waals surface area contributed by atoms with Gasteiger partial charge in [-0.15, -0.1) is 0 Å². The Balaban J connectivity index is 1.83. The van der Waals surface area contributed by atoms with Gasteiger partial charge in [0.2, 0.25) is 0 Å². The zero-order chi connectivity index (χ0) is 17.4. The fourth-order valence-electron chi connectivity index (χ4n) is 3.63. The second-order valence-electron chi connectivity index (χ2n) is 6.45. The van der Waals surface area contributed by atoms with Crippen LogP contribution in [0.15, 0.2) is 59.5 Å². The zero-order valence-corrected chi connectivity index (χ0v) is 14.0. The molecule has 2 aromatic rings. The third-order valence-corrected chi connectivity index (χ3v) is 4.97. The molecule has 0 amide bonds. The van der Waals surface area contributed by atoms with Crippen LogP contribution in [0.3, 0.4) is 0 Å². The minimum Gasteiger partial charge on any atom is -0.411 e. The molecule has 0 fully saturated rings. The summed E-state index contributed by atoms with van der Waals surface area (Å²) >= 11 is 0. The van der Waals surface area contributed by atoms with E-state index in [1.54, 1.807) is 19.3 Å². The van der Waals surface area contributed by atoms with Gasteiger partial charge >= 0.3 is 0 Å². The molecule has 1 N–H and O–H groups in total. The average molecular weight is 330 g/mol. The van der Waals surface area contributed by atoms with Crippen LogP contribution in [0.25, 0.3) is 11.1 Å². The van der Waals surface area contributed by atoms with Crippen molar-refractivity contribution in [3.8, 4) is 0 Å². The molecule has 4 heteroatoms. The molecule has 0 spiro atoms. The van der Waals surface area contributed by atoms with E-state index in [4.69, 9.17) is 5.21 Å². The van der Waals surface area contributed by atoms with Crippen molar-refractivity contribution in [2.45, 2.75) is 26.2 Å². The smallest absolute Gasteiger partial charge is 0.156 e. The Hall–Kier alpha value is -3.01. The number of nitrogens with zero attached hydrogens (tertiary/aromatic N) is 2. The number of carbonyl (C=O) groups is 1. The first-order valence-corrected chi connectivity index (χ1v) is 8.37. The van der Waals surface area contributed by atoms with Crippen molar-refractivity contribution in [3.05, 3.63) is 76.6 Å². The summed E-state index contributed by atoms with van der Waals surface area (Å²) in [7, 11) is 0. The van der Waals surface area contributed by atoms with Gasteiger partial charge in [0.05, 0.1) is 5.71 Å². The highest BCUT2D eigenvalue weighted by Crippen LogP contribution is 2.40. The fraction of sp³-hybridized carbons (Fsp3) is 0.190.